The zero-order chi connectivity index (χ0) is 30.4. The van der Waals surface area contributed by atoms with E-state index < -0.39 is 11.7 Å². The lowest BCUT2D eigenvalue weighted by Gasteiger charge is -2.17. The second kappa shape index (κ2) is 13.0. The van der Waals surface area contributed by atoms with Crippen LogP contribution in [-0.2, 0) is 13.0 Å². The van der Waals surface area contributed by atoms with E-state index in [0.717, 1.165) is 0 Å². The molecule has 0 saturated carbocycles. The van der Waals surface area contributed by atoms with Gasteiger partial charge in [0.15, 0.2) is 5.58 Å². The van der Waals surface area contributed by atoms with E-state index in [1.165, 1.54) is 10.8 Å². The van der Waals surface area contributed by atoms with E-state index in [1.807, 2.05) is 54.5 Å². The monoisotopic (exact) mass is 556 g/mol. The normalized spacial score (nSPS) is 13.4. The van der Waals surface area contributed by atoms with Crippen molar-refractivity contribution in [1.29, 1.82) is 5.26 Å². The fourth-order valence-corrected chi connectivity index (χ4v) is 4.74. The first-order valence-electron chi connectivity index (χ1n) is 13.8. The molecule has 10 nitrogen and oxygen atoms in total. The van der Waals surface area contributed by atoms with Gasteiger partial charge in [0.1, 0.15) is 6.07 Å². The smallest absolute Gasteiger partial charge is 0.408 e. The molecule has 4 heterocycles. The van der Waals surface area contributed by atoms with Gasteiger partial charge in [0.25, 0.3) is 11.8 Å². The van der Waals surface area contributed by atoms with Gasteiger partial charge in [0, 0.05) is 11.8 Å². The Hall–Kier alpha value is -4.78. The SMILES string of the molecule is CC.CC.CC(C)Cc1nc2c(c(-c3ccc4c(c3)oc(=O)n4Cc3ccc(C#N)cn3)c1C(N)=O)C(=O)NC2C. The standard InChI is InChI=1S/C27H24N6O4.2C2H6/c1-13(2)8-18-22(25(29)34)21(23-24(32-18)14(3)31-26(23)35)16-5-7-19-20(9-16)37-27(36)33(19)12-17-6-4-15(10-28)11-30-17;2*1-2/h4-7,9,11,13-14H,8,12H2,1-3H3,(H2,29,34)(H,31,35);2*1-2H3. The van der Waals surface area contributed by atoms with Crippen molar-refractivity contribution >= 4 is 22.9 Å². The zero-order valence-corrected chi connectivity index (χ0v) is 24.5. The molecule has 0 radical (unpaired) electrons. The van der Waals surface area contributed by atoms with Crippen LogP contribution in [0.2, 0.25) is 0 Å². The molecule has 0 saturated heterocycles. The van der Waals surface area contributed by atoms with Crippen LogP contribution in [0, 0.1) is 17.2 Å². The number of benzene rings is 1. The third kappa shape index (κ3) is 6.04. The number of nitrogens with two attached hydrogens (primary N) is 1. The summed E-state index contributed by atoms with van der Waals surface area (Å²) >= 11 is 0. The van der Waals surface area contributed by atoms with Gasteiger partial charge < -0.3 is 15.5 Å². The number of pyridine rings is 2. The highest BCUT2D eigenvalue weighted by Crippen LogP contribution is 2.38. The fourth-order valence-electron chi connectivity index (χ4n) is 4.74. The maximum Gasteiger partial charge on any atom is 0.420 e. The number of carbonyl (C=O) groups is 2. The zero-order valence-electron chi connectivity index (χ0n) is 24.5. The number of hydrogen-bond donors (Lipinski definition) is 2. The molecule has 1 aliphatic rings. The molecule has 3 N–H and O–H groups in total. The number of nitriles is 1. The summed E-state index contributed by atoms with van der Waals surface area (Å²) in [4.78, 5) is 47.3. The Morgan fingerprint density at radius 3 is 2.44 bits per heavy atom. The van der Waals surface area contributed by atoms with Crippen LogP contribution in [0.4, 0.5) is 0 Å². The van der Waals surface area contributed by atoms with E-state index in [2.05, 4.69) is 15.3 Å². The number of oxazole rings is 1. The number of nitrogens with zero attached hydrogens (tertiary/aromatic N) is 4. The average Bonchev–Trinajstić information content (AvgIpc) is 3.43. The van der Waals surface area contributed by atoms with Crippen molar-refractivity contribution < 1.29 is 14.0 Å². The number of primary amides is 1. The summed E-state index contributed by atoms with van der Waals surface area (Å²) in [5.41, 5.74) is 10.1. The highest BCUT2D eigenvalue weighted by atomic mass is 16.4. The Kier molecular flexibility index (Phi) is 9.79. The third-order valence-corrected chi connectivity index (χ3v) is 6.36. The van der Waals surface area contributed by atoms with E-state index in [1.54, 1.807) is 30.3 Å². The minimum absolute atomic E-state index is 0.145. The Morgan fingerprint density at radius 1 is 1.15 bits per heavy atom. The van der Waals surface area contributed by atoms with Gasteiger partial charge in [0.2, 0.25) is 0 Å². The van der Waals surface area contributed by atoms with Gasteiger partial charge in [-0.3, -0.25) is 24.1 Å². The highest BCUT2D eigenvalue weighted by molar-refractivity contribution is 6.11. The van der Waals surface area contributed by atoms with Gasteiger partial charge in [-0.05, 0) is 49.1 Å². The predicted molar refractivity (Wildman–Crippen MR) is 157 cm³/mol. The molecule has 2 amide bonds. The first kappa shape index (κ1) is 30.8. The largest absolute Gasteiger partial charge is 0.420 e. The van der Waals surface area contributed by atoms with Crippen LogP contribution in [0.3, 0.4) is 0 Å². The van der Waals surface area contributed by atoms with E-state index in [4.69, 9.17) is 15.4 Å². The van der Waals surface area contributed by atoms with Crippen molar-refractivity contribution in [2.45, 2.75) is 67.5 Å². The molecule has 4 aromatic rings. The average molecular weight is 557 g/mol. The molecule has 0 bridgehead atoms. The minimum atomic E-state index is -0.681. The Bertz CT molecular complexity index is 1680. The number of hydrogen-bond acceptors (Lipinski definition) is 7. The fraction of sp³-hybridized carbons (Fsp3) is 0.355. The number of carbonyl (C=O) groups excluding carboxylic acids is 2. The van der Waals surface area contributed by atoms with E-state index in [0.29, 0.717) is 51.3 Å². The van der Waals surface area contributed by atoms with Gasteiger partial charge in [-0.2, -0.15) is 5.26 Å². The van der Waals surface area contributed by atoms with Crippen molar-refractivity contribution in [2.24, 2.45) is 11.7 Å². The number of aromatic nitrogens is 3. The molecule has 0 fully saturated rings. The highest BCUT2D eigenvalue weighted by Gasteiger charge is 2.35. The Balaban J connectivity index is 0.00000111. The van der Waals surface area contributed by atoms with Gasteiger partial charge in [-0.25, -0.2) is 4.79 Å². The predicted octanol–water partition coefficient (Wildman–Crippen LogP) is 5.13. The van der Waals surface area contributed by atoms with Crippen molar-refractivity contribution in [3.8, 4) is 17.2 Å². The first-order chi connectivity index (χ1) is 19.7. The molecule has 1 aliphatic heterocycles. The first-order valence-corrected chi connectivity index (χ1v) is 13.8. The molecule has 10 heteroatoms. The van der Waals surface area contributed by atoms with E-state index in [-0.39, 0.29) is 35.6 Å². The van der Waals surface area contributed by atoms with Crippen LogP contribution in [0.15, 0.2) is 45.7 Å². The lowest BCUT2D eigenvalue weighted by atomic mass is 9.89. The summed E-state index contributed by atoms with van der Waals surface area (Å²) in [7, 11) is 0. The molecular weight excluding hydrogens is 520 g/mol. The number of rotatable bonds is 6. The molecule has 3 aromatic heterocycles. The van der Waals surface area contributed by atoms with E-state index >= 15 is 0 Å². The maximum atomic E-state index is 12.9. The molecule has 1 unspecified atom stereocenters. The summed E-state index contributed by atoms with van der Waals surface area (Å²) in [6.45, 7) is 14.0. The van der Waals surface area contributed by atoms with Crippen LogP contribution in [0.1, 0.15) is 97.9 Å². The van der Waals surface area contributed by atoms with Crippen LogP contribution in [-0.4, -0.2) is 26.3 Å². The van der Waals surface area contributed by atoms with Gasteiger partial charge in [-0.1, -0.05) is 47.6 Å². The number of fused-ring (bicyclic) bond motifs is 2. The van der Waals surface area contributed by atoms with E-state index in [9.17, 15) is 14.4 Å². The molecule has 0 spiro atoms. The third-order valence-electron chi connectivity index (χ3n) is 6.36. The quantitative estimate of drug-likeness (QED) is 0.333. The lowest BCUT2D eigenvalue weighted by Crippen LogP contribution is -2.20. The van der Waals surface area contributed by atoms with Crippen molar-refractivity contribution in [3.05, 3.63) is 80.9 Å². The number of amides is 2. The Morgan fingerprint density at radius 2 is 1.85 bits per heavy atom. The van der Waals surface area contributed by atoms with Gasteiger partial charge >= 0.3 is 5.76 Å². The Labute approximate surface area is 239 Å². The second-order valence-corrected chi connectivity index (χ2v) is 9.51. The van der Waals surface area contributed by atoms with Crippen molar-refractivity contribution in [2.75, 3.05) is 0 Å². The molecule has 214 valence electrons. The molecule has 1 aromatic carbocycles. The molecular formula is C31H36N6O4. The van der Waals surface area contributed by atoms with Crippen LogP contribution in [0.25, 0.3) is 22.2 Å². The summed E-state index contributed by atoms with van der Waals surface area (Å²) < 4.78 is 6.96. The summed E-state index contributed by atoms with van der Waals surface area (Å²) in [5, 5.41) is 11.8. The topological polar surface area (TPSA) is 157 Å². The van der Waals surface area contributed by atoms with Crippen LogP contribution < -0.4 is 16.8 Å². The van der Waals surface area contributed by atoms with Crippen molar-refractivity contribution in [1.82, 2.24) is 19.9 Å². The van der Waals surface area contributed by atoms with Gasteiger partial charge in [0.05, 0.1) is 51.9 Å². The van der Waals surface area contributed by atoms with Gasteiger partial charge in [-0.15, -0.1) is 0 Å². The summed E-state index contributed by atoms with van der Waals surface area (Å²) in [6, 6.07) is 10.1. The molecule has 41 heavy (non-hydrogen) atoms. The second-order valence-electron chi connectivity index (χ2n) is 9.51. The molecule has 0 aliphatic carbocycles. The minimum Gasteiger partial charge on any atom is -0.408 e. The molecule has 1 atom stereocenters. The van der Waals surface area contributed by atoms with Crippen LogP contribution in [0.5, 0.6) is 0 Å². The maximum absolute atomic E-state index is 12.9. The van der Waals surface area contributed by atoms with Crippen LogP contribution >= 0.6 is 0 Å². The number of nitrogens with one attached hydrogen (secondary N) is 1. The van der Waals surface area contributed by atoms with Crippen molar-refractivity contribution in [3.63, 3.8) is 0 Å². The lowest BCUT2D eigenvalue weighted by molar-refractivity contribution is 0.0959. The summed E-state index contributed by atoms with van der Waals surface area (Å²) in [5.74, 6) is -1.41. The molecule has 5 rings (SSSR count). The summed E-state index contributed by atoms with van der Waals surface area (Å²) in [6.07, 6.45) is 1.95.